The van der Waals surface area contributed by atoms with Crippen molar-refractivity contribution in [3.05, 3.63) is 93.7 Å². The van der Waals surface area contributed by atoms with Crippen LogP contribution in [0.1, 0.15) is 33.9 Å². The fraction of sp³-hybridized carbons (Fsp3) is 0.286. The molecule has 1 aromatic heterocycles. The quantitative estimate of drug-likeness (QED) is 0.158. The van der Waals surface area contributed by atoms with Gasteiger partial charge >= 0.3 is 6.09 Å². The Morgan fingerprint density at radius 2 is 1.95 bits per heavy atom. The molecule has 0 saturated heterocycles. The van der Waals surface area contributed by atoms with E-state index in [1.54, 1.807) is 22.9 Å². The SMILES string of the molecule is O=C(/C=C/c1ccc(CN(CCOC(=O)NCc2cccs2)CCC2CNc3ccccc32)cc1)NO. The van der Waals surface area contributed by atoms with Gasteiger partial charge in [0.25, 0.3) is 5.91 Å². The molecule has 1 unspecified atom stereocenters. The Hall–Kier alpha value is -3.66. The molecule has 4 N–H and O–H groups in total. The maximum absolute atomic E-state index is 12.1. The molecule has 0 saturated carbocycles. The largest absolute Gasteiger partial charge is 0.448 e. The molecule has 2 amide bonds. The molecule has 0 radical (unpaired) electrons. The van der Waals surface area contributed by atoms with E-state index >= 15 is 0 Å². The van der Waals surface area contributed by atoms with E-state index in [4.69, 9.17) is 9.94 Å². The molecule has 3 aromatic rings. The normalized spacial score (nSPS) is 14.4. The van der Waals surface area contributed by atoms with Crippen LogP contribution in [0.5, 0.6) is 0 Å². The molecule has 1 aliphatic heterocycles. The lowest BCUT2D eigenvalue weighted by Crippen LogP contribution is -2.32. The topological polar surface area (TPSA) is 103 Å². The van der Waals surface area contributed by atoms with Crippen molar-refractivity contribution in [1.29, 1.82) is 0 Å². The number of carbonyl (C=O) groups is 2. The first kappa shape index (κ1) is 26.4. The molecule has 8 nitrogen and oxygen atoms in total. The molecule has 9 heteroatoms. The first-order valence-electron chi connectivity index (χ1n) is 12.3. The Balaban J connectivity index is 1.32. The van der Waals surface area contributed by atoms with Crippen LogP contribution < -0.4 is 16.1 Å². The molecule has 2 aromatic carbocycles. The van der Waals surface area contributed by atoms with E-state index in [0.29, 0.717) is 32.2 Å². The third-order valence-corrected chi connectivity index (χ3v) is 7.16. The second kappa shape index (κ2) is 13.6. The molecule has 1 atom stereocenters. The van der Waals surface area contributed by atoms with Crippen molar-refractivity contribution in [3.8, 4) is 0 Å². The molecule has 0 spiro atoms. The van der Waals surface area contributed by atoms with Gasteiger partial charge in [-0.25, -0.2) is 10.3 Å². The number of nitrogens with zero attached hydrogens (tertiary/aromatic N) is 1. The van der Waals surface area contributed by atoms with Gasteiger partial charge < -0.3 is 15.4 Å². The van der Waals surface area contributed by atoms with Crippen LogP contribution in [0, 0.1) is 0 Å². The smallest absolute Gasteiger partial charge is 0.407 e. The zero-order valence-corrected chi connectivity index (χ0v) is 21.4. The summed E-state index contributed by atoms with van der Waals surface area (Å²) in [5.74, 6) is -0.128. The molecule has 194 valence electrons. The molecule has 0 bridgehead atoms. The van der Waals surface area contributed by atoms with Crippen LogP contribution in [0.4, 0.5) is 10.5 Å². The average Bonchev–Trinajstić information content (AvgIpc) is 3.60. The number of carbonyl (C=O) groups excluding carboxylic acids is 2. The highest BCUT2D eigenvalue weighted by molar-refractivity contribution is 7.09. The van der Waals surface area contributed by atoms with E-state index in [-0.39, 0.29) is 0 Å². The van der Waals surface area contributed by atoms with Crippen molar-refractivity contribution in [2.45, 2.75) is 25.4 Å². The maximum Gasteiger partial charge on any atom is 0.407 e. The number of anilines is 1. The molecule has 0 fully saturated rings. The molecule has 37 heavy (non-hydrogen) atoms. The number of ether oxygens (including phenoxy) is 1. The summed E-state index contributed by atoms with van der Waals surface area (Å²) < 4.78 is 5.45. The fourth-order valence-corrected chi connectivity index (χ4v) is 4.96. The molecule has 1 aliphatic rings. The minimum Gasteiger partial charge on any atom is -0.448 e. The number of fused-ring (bicyclic) bond motifs is 1. The van der Waals surface area contributed by atoms with E-state index in [9.17, 15) is 9.59 Å². The van der Waals surface area contributed by atoms with Gasteiger partial charge in [-0.2, -0.15) is 0 Å². The summed E-state index contributed by atoms with van der Waals surface area (Å²) in [6, 6.07) is 20.3. The Bertz CT molecular complexity index is 1180. The first-order valence-corrected chi connectivity index (χ1v) is 13.2. The number of hydroxylamine groups is 1. The number of hydrogen-bond acceptors (Lipinski definition) is 7. The minimum atomic E-state index is -0.572. The van der Waals surface area contributed by atoms with E-state index in [1.807, 2.05) is 41.8 Å². The lowest BCUT2D eigenvalue weighted by atomic mass is 9.97. The van der Waals surface area contributed by atoms with E-state index < -0.39 is 12.0 Å². The van der Waals surface area contributed by atoms with Gasteiger partial charge in [0, 0.05) is 42.2 Å². The number of para-hydroxylation sites is 1. The van der Waals surface area contributed by atoms with Gasteiger partial charge in [-0.05, 0) is 53.2 Å². The van der Waals surface area contributed by atoms with Crippen molar-refractivity contribution in [3.63, 3.8) is 0 Å². The van der Waals surface area contributed by atoms with Crippen LogP contribution in [0.2, 0.25) is 0 Å². The van der Waals surface area contributed by atoms with E-state index in [0.717, 1.165) is 35.5 Å². The van der Waals surface area contributed by atoms with Gasteiger partial charge in [-0.15, -0.1) is 11.3 Å². The monoisotopic (exact) mass is 520 g/mol. The Labute approximate surface area is 220 Å². The molecular weight excluding hydrogens is 488 g/mol. The fourth-order valence-electron chi connectivity index (χ4n) is 4.32. The minimum absolute atomic E-state index is 0.298. The Morgan fingerprint density at radius 1 is 1.11 bits per heavy atom. The summed E-state index contributed by atoms with van der Waals surface area (Å²) >= 11 is 1.60. The third kappa shape index (κ3) is 8.18. The summed E-state index contributed by atoms with van der Waals surface area (Å²) in [4.78, 5) is 26.7. The third-order valence-electron chi connectivity index (χ3n) is 6.28. The van der Waals surface area contributed by atoms with E-state index in [1.165, 1.54) is 17.3 Å². The first-order chi connectivity index (χ1) is 18.1. The van der Waals surface area contributed by atoms with Gasteiger partial charge in [0.15, 0.2) is 0 Å². The summed E-state index contributed by atoms with van der Waals surface area (Å²) in [7, 11) is 0. The number of benzene rings is 2. The number of thiophene rings is 1. The Kier molecular flexibility index (Phi) is 9.70. The zero-order chi connectivity index (χ0) is 25.9. The highest BCUT2D eigenvalue weighted by Gasteiger charge is 2.22. The zero-order valence-electron chi connectivity index (χ0n) is 20.6. The van der Waals surface area contributed by atoms with Crippen molar-refractivity contribution < 1.29 is 19.5 Å². The number of alkyl carbamates (subject to hydrolysis) is 1. The number of amides is 2. The molecule has 0 aliphatic carbocycles. The van der Waals surface area contributed by atoms with Crippen molar-refractivity contribution >= 4 is 35.1 Å². The molecule has 4 rings (SSSR count). The van der Waals surface area contributed by atoms with Crippen LogP contribution in [0.3, 0.4) is 0 Å². The van der Waals surface area contributed by atoms with Crippen molar-refractivity contribution in [2.24, 2.45) is 0 Å². The summed E-state index contributed by atoms with van der Waals surface area (Å²) in [5.41, 5.74) is 6.13. The Morgan fingerprint density at radius 3 is 2.73 bits per heavy atom. The average molecular weight is 521 g/mol. The number of rotatable bonds is 12. The number of hydrogen-bond donors (Lipinski definition) is 4. The highest BCUT2D eigenvalue weighted by Crippen LogP contribution is 2.33. The van der Waals surface area contributed by atoms with Gasteiger partial charge in [-0.1, -0.05) is 48.5 Å². The van der Waals surface area contributed by atoms with Crippen LogP contribution >= 0.6 is 11.3 Å². The van der Waals surface area contributed by atoms with Crippen molar-refractivity contribution in [1.82, 2.24) is 15.7 Å². The van der Waals surface area contributed by atoms with Crippen LogP contribution in [0.25, 0.3) is 6.08 Å². The number of nitrogens with one attached hydrogen (secondary N) is 3. The summed E-state index contributed by atoms with van der Waals surface area (Å²) in [5, 5.41) is 16.9. The standard InChI is InChI=1S/C28H32N4O4S/c33-27(31-35)12-11-21-7-9-22(10-8-21)20-32(14-13-23-18-29-26-6-2-1-5-25(23)26)15-16-36-28(34)30-19-24-4-3-17-37-24/h1-12,17,23,29,35H,13-16,18-20H2,(H,30,34)(H,31,33)/b12-11+. The van der Waals surface area contributed by atoms with Gasteiger partial charge in [0.1, 0.15) is 6.61 Å². The van der Waals surface area contributed by atoms with Gasteiger partial charge in [-0.3, -0.25) is 14.9 Å². The summed E-state index contributed by atoms with van der Waals surface area (Å²) in [6.07, 6.45) is 3.49. The summed E-state index contributed by atoms with van der Waals surface area (Å²) in [6.45, 7) is 3.88. The molecular formula is C28H32N4O4S. The predicted molar refractivity (Wildman–Crippen MR) is 145 cm³/mol. The van der Waals surface area contributed by atoms with Gasteiger partial charge in [0.2, 0.25) is 0 Å². The second-order valence-corrected chi connectivity index (χ2v) is 9.88. The highest BCUT2D eigenvalue weighted by atomic mass is 32.1. The van der Waals surface area contributed by atoms with E-state index in [2.05, 4.69) is 39.8 Å². The molecule has 2 heterocycles. The van der Waals surface area contributed by atoms with Crippen molar-refractivity contribution in [2.75, 3.05) is 31.6 Å². The van der Waals surface area contributed by atoms with Crippen LogP contribution in [-0.2, 0) is 22.6 Å². The maximum atomic E-state index is 12.1. The lowest BCUT2D eigenvalue weighted by molar-refractivity contribution is -0.124. The lowest BCUT2D eigenvalue weighted by Gasteiger charge is -2.24. The predicted octanol–water partition coefficient (Wildman–Crippen LogP) is 4.59. The van der Waals surface area contributed by atoms with Crippen LogP contribution in [-0.4, -0.2) is 48.3 Å². The van der Waals surface area contributed by atoms with Gasteiger partial charge in [0.05, 0.1) is 6.54 Å². The second-order valence-electron chi connectivity index (χ2n) is 8.85. The van der Waals surface area contributed by atoms with Crippen LogP contribution in [0.15, 0.2) is 72.1 Å².